The molecule has 0 radical (unpaired) electrons. The van der Waals surface area contributed by atoms with Crippen LogP contribution in [0.25, 0.3) is 5.57 Å². The van der Waals surface area contributed by atoms with Crippen LogP contribution in [0.1, 0.15) is 49.3 Å². The zero-order valence-electron chi connectivity index (χ0n) is 18.2. The van der Waals surface area contributed by atoms with Gasteiger partial charge in [-0.2, -0.15) is 0 Å². The summed E-state index contributed by atoms with van der Waals surface area (Å²) in [5, 5.41) is 3.94. The van der Waals surface area contributed by atoms with Gasteiger partial charge in [-0.25, -0.2) is 0 Å². The van der Waals surface area contributed by atoms with Crippen molar-refractivity contribution >= 4 is 23.1 Å². The van der Waals surface area contributed by atoms with Crippen LogP contribution in [-0.4, -0.2) is 30.4 Å². The second-order valence-corrected chi connectivity index (χ2v) is 8.66. The van der Waals surface area contributed by atoms with Crippen LogP contribution in [-0.2, 0) is 11.3 Å². The second kappa shape index (κ2) is 11.3. The molecule has 2 aromatic carbocycles. The fraction of sp³-hybridized carbons (Fsp3) is 0.423. The molecule has 0 bridgehead atoms. The van der Waals surface area contributed by atoms with E-state index < -0.39 is 0 Å². The molecule has 3 nitrogen and oxygen atoms in total. The van der Waals surface area contributed by atoms with Gasteiger partial charge in [0.1, 0.15) is 0 Å². The van der Waals surface area contributed by atoms with Crippen molar-refractivity contribution in [3.05, 3.63) is 76.3 Å². The number of likely N-dealkylation sites (tertiary alicyclic amines) is 1. The average molecular weight is 425 g/mol. The molecule has 1 aliphatic rings. The van der Waals surface area contributed by atoms with Crippen molar-refractivity contribution in [2.75, 3.05) is 19.6 Å². The number of aryl methyl sites for hydroxylation is 1. The first-order valence-corrected chi connectivity index (χ1v) is 11.4. The Morgan fingerprint density at radius 1 is 1.23 bits per heavy atom. The first-order chi connectivity index (χ1) is 14.6. The van der Waals surface area contributed by atoms with Gasteiger partial charge in [0.2, 0.25) is 5.91 Å². The second-order valence-electron chi connectivity index (χ2n) is 8.22. The number of unbranched alkanes of at least 4 members (excludes halogenated alkanes) is 1. The predicted octanol–water partition coefficient (Wildman–Crippen LogP) is 5.86. The van der Waals surface area contributed by atoms with Gasteiger partial charge in [-0.05, 0) is 67.1 Å². The van der Waals surface area contributed by atoms with Crippen LogP contribution >= 0.6 is 11.6 Å². The third-order valence-electron chi connectivity index (χ3n) is 5.81. The third kappa shape index (κ3) is 6.45. The van der Waals surface area contributed by atoms with E-state index in [2.05, 4.69) is 60.5 Å². The molecule has 1 fully saturated rings. The Bertz CT molecular complexity index is 863. The molecule has 1 atom stereocenters. The van der Waals surface area contributed by atoms with Crippen LogP contribution in [0.5, 0.6) is 0 Å². The van der Waals surface area contributed by atoms with Gasteiger partial charge >= 0.3 is 0 Å². The van der Waals surface area contributed by atoms with Crippen molar-refractivity contribution in [1.29, 1.82) is 0 Å². The van der Waals surface area contributed by atoms with Crippen LogP contribution in [0.4, 0.5) is 0 Å². The monoisotopic (exact) mass is 424 g/mol. The summed E-state index contributed by atoms with van der Waals surface area (Å²) in [5.41, 5.74) is 5.00. The maximum Gasteiger partial charge on any atom is 0.224 e. The van der Waals surface area contributed by atoms with E-state index in [1.54, 1.807) is 0 Å². The van der Waals surface area contributed by atoms with E-state index >= 15 is 0 Å². The van der Waals surface area contributed by atoms with Gasteiger partial charge in [0, 0.05) is 24.7 Å². The molecule has 3 rings (SSSR count). The number of nitrogens with one attached hydrogen (secondary N) is 1. The summed E-state index contributed by atoms with van der Waals surface area (Å²) in [6, 6.07) is 16.5. The van der Waals surface area contributed by atoms with Crippen molar-refractivity contribution < 1.29 is 4.79 Å². The van der Waals surface area contributed by atoms with E-state index in [1.807, 2.05) is 18.2 Å². The van der Waals surface area contributed by atoms with Gasteiger partial charge in [-0.15, -0.1) is 0 Å². The van der Waals surface area contributed by atoms with E-state index in [-0.39, 0.29) is 11.8 Å². The number of rotatable bonds is 9. The molecular weight excluding hydrogens is 392 g/mol. The predicted molar refractivity (Wildman–Crippen MR) is 127 cm³/mol. The van der Waals surface area contributed by atoms with Crippen LogP contribution in [0.15, 0.2) is 54.6 Å². The molecule has 30 heavy (non-hydrogen) atoms. The van der Waals surface area contributed by atoms with E-state index in [1.165, 1.54) is 22.3 Å². The maximum absolute atomic E-state index is 12.7. The molecule has 1 aliphatic heterocycles. The fourth-order valence-electron chi connectivity index (χ4n) is 4.10. The molecule has 1 heterocycles. The normalized spacial score (nSPS) is 17.3. The number of benzene rings is 2. The van der Waals surface area contributed by atoms with Crippen LogP contribution in [0, 0.1) is 12.8 Å². The van der Waals surface area contributed by atoms with Gasteiger partial charge in [-0.3, -0.25) is 9.69 Å². The Balaban J connectivity index is 1.51. The smallest absolute Gasteiger partial charge is 0.224 e. The van der Waals surface area contributed by atoms with Gasteiger partial charge in [0.25, 0.3) is 0 Å². The number of hydrogen-bond acceptors (Lipinski definition) is 2. The lowest BCUT2D eigenvalue weighted by Crippen LogP contribution is -2.33. The Morgan fingerprint density at radius 3 is 2.80 bits per heavy atom. The highest BCUT2D eigenvalue weighted by Crippen LogP contribution is 2.26. The standard InChI is InChI=1S/C26H33ClN2O/c1-3-4-10-22(25-17-24(27)12-11-20(25)2)13-15-28-26(30)23-14-16-29(19-23)18-21-8-6-5-7-9-21/h5-12,17,23H,3-4,13-16,18-19H2,1-2H3,(H,28,30). The van der Waals surface area contributed by atoms with Gasteiger partial charge in [-0.1, -0.05) is 67.4 Å². The quantitative estimate of drug-likeness (QED) is 0.546. The molecule has 4 heteroatoms. The Labute approximate surface area is 186 Å². The molecule has 160 valence electrons. The average Bonchev–Trinajstić information content (AvgIpc) is 3.21. The maximum atomic E-state index is 12.7. The number of hydrogen-bond donors (Lipinski definition) is 1. The molecular formula is C26H33ClN2O. The summed E-state index contributed by atoms with van der Waals surface area (Å²) >= 11 is 6.24. The first-order valence-electron chi connectivity index (χ1n) is 11.1. The summed E-state index contributed by atoms with van der Waals surface area (Å²) in [5.74, 6) is 0.271. The number of allylic oxidation sites excluding steroid dienone is 1. The highest BCUT2D eigenvalue weighted by molar-refractivity contribution is 6.30. The first kappa shape index (κ1) is 22.6. The van der Waals surface area contributed by atoms with Crippen molar-refractivity contribution in [1.82, 2.24) is 10.2 Å². The van der Waals surface area contributed by atoms with Crippen molar-refractivity contribution in [2.24, 2.45) is 5.92 Å². The number of halogens is 1. The van der Waals surface area contributed by atoms with Gasteiger partial charge in [0.05, 0.1) is 5.92 Å². The highest BCUT2D eigenvalue weighted by atomic mass is 35.5. The van der Waals surface area contributed by atoms with Crippen LogP contribution in [0.3, 0.4) is 0 Å². The van der Waals surface area contributed by atoms with Crippen LogP contribution < -0.4 is 5.32 Å². The number of nitrogens with zero attached hydrogens (tertiary/aromatic N) is 1. The Kier molecular flexibility index (Phi) is 8.53. The molecule has 1 N–H and O–H groups in total. The molecule has 0 aromatic heterocycles. The summed E-state index contributed by atoms with van der Waals surface area (Å²) in [6.07, 6.45) is 6.20. The van der Waals surface area contributed by atoms with E-state index in [4.69, 9.17) is 11.6 Å². The van der Waals surface area contributed by atoms with E-state index in [0.717, 1.165) is 50.3 Å². The molecule has 0 spiro atoms. The Hall–Kier alpha value is -2.10. The zero-order valence-corrected chi connectivity index (χ0v) is 18.9. The van der Waals surface area contributed by atoms with Crippen molar-refractivity contribution in [3.8, 4) is 0 Å². The minimum absolute atomic E-state index is 0.0877. The molecule has 1 saturated heterocycles. The largest absolute Gasteiger partial charge is 0.355 e. The summed E-state index contributed by atoms with van der Waals surface area (Å²) in [4.78, 5) is 15.1. The fourth-order valence-corrected chi connectivity index (χ4v) is 4.27. The van der Waals surface area contributed by atoms with Crippen LogP contribution in [0.2, 0.25) is 5.02 Å². The molecule has 1 unspecified atom stereocenters. The van der Waals surface area contributed by atoms with Crippen molar-refractivity contribution in [2.45, 2.75) is 46.1 Å². The highest BCUT2D eigenvalue weighted by Gasteiger charge is 2.27. The molecule has 0 saturated carbocycles. The van der Waals surface area contributed by atoms with E-state index in [0.29, 0.717) is 6.54 Å². The third-order valence-corrected chi connectivity index (χ3v) is 6.05. The number of carbonyl (C=O) groups is 1. The van der Waals surface area contributed by atoms with Crippen molar-refractivity contribution in [3.63, 3.8) is 0 Å². The van der Waals surface area contributed by atoms with E-state index in [9.17, 15) is 4.79 Å². The summed E-state index contributed by atoms with van der Waals surface area (Å²) in [6.45, 7) is 7.70. The Morgan fingerprint density at radius 2 is 2.03 bits per heavy atom. The molecule has 0 aliphatic carbocycles. The minimum atomic E-state index is 0.0877. The summed E-state index contributed by atoms with van der Waals surface area (Å²) in [7, 11) is 0. The molecule has 1 amide bonds. The molecule has 2 aromatic rings. The SMILES string of the molecule is CCCC=C(CCNC(=O)C1CCN(Cc2ccccc2)C1)c1cc(Cl)ccc1C. The van der Waals surface area contributed by atoms with Gasteiger partial charge in [0.15, 0.2) is 0 Å². The topological polar surface area (TPSA) is 32.3 Å². The number of carbonyl (C=O) groups excluding carboxylic acids is 1. The minimum Gasteiger partial charge on any atom is -0.355 e. The summed E-state index contributed by atoms with van der Waals surface area (Å²) < 4.78 is 0. The lowest BCUT2D eigenvalue weighted by molar-refractivity contribution is -0.124. The van der Waals surface area contributed by atoms with Gasteiger partial charge < -0.3 is 5.32 Å². The lowest BCUT2D eigenvalue weighted by Gasteiger charge is -2.16. The lowest BCUT2D eigenvalue weighted by atomic mass is 9.96. The zero-order chi connectivity index (χ0) is 21.3. The number of amides is 1.